The standard InChI is InChI=1S/C18H27NO2/c1-13-7-9-14(10-8-13)11-19(6)12-15-16(20)18(4,5)21-17(15,2)3/h7-10,15H,11-12H2,1-6H3. The van der Waals surface area contributed by atoms with Crippen molar-refractivity contribution in [3.05, 3.63) is 35.4 Å². The maximum Gasteiger partial charge on any atom is 0.171 e. The van der Waals surface area contributed by atoms with E-state index in [0.29, 0.717) is 0 Å². The number of ether oxygens (including phenoxy) is 1. The van der Waals surface area contributed by atoms with E-state index in [-0.39, 0.29) is 11.7 Å². The zero-order chi connectivity index (χ0) is 15.8. The molecule has 0 radical (unpaired) electrons. The quantitative estimate of drug-likeness (QED) is 0.852. The van der Waals surface area contributed by atoms with Gasteiger partial charge in [0.05, 0.1) is 11.5 Å². The molecule has 1 fully saturated rings. The number of ketones is 1. The Morgan fingerprint density at radius 3 is 2.19 bits per heavy atom. The summed E-state index contributed by atoms with van der Waals surface area (Å²) in [5, 5.41) is 0. The first-order chi connectivity index (χ1) is 9.62. The second-order valence-electron chi connectivity index (χ2n) is 7.32. The largest absolute Gasteiger partial charge is 0.361 e. The number of Topliss-reactive ketones (excluding diaryl/α,β-unsaturated/α-hetero) is 1. The van der Waals surface area contributed by atoms with Crippen LogP contribution in [0, 0.1) is 12.8 Å². The van der Waals surface area contributed by atoms with Gasteiger partial charge in [-0.15, -0.1) is 0 Å². The molecule has 1 aliphatic rings. The fraction of sp³-hybridized carbons (Fsp3) is 0.611. The summed E-state index contributed by atoms with van der Waals surface area (Å²) in [5.74, 6) is 0.131. The molecular weight excluding hydrogens is 262 g/mol. The van der Waals surface area contributed by atoms with E-state index in [0.717, 1.165) is 13.1 Å². The summed E-state index contributed by atoms with van der Waals surface area (Å²) in [6.07, 6.45) is 0. The summed E-state index contributed by atoms with van der Waals surface area (Å²) in [5.41, 5.74) is 1.47. The number of nitrogens with zero attached hydrogens (tertiary/aromatic N) is 1. The first-order valence-corrected chi connectivity index (χ1v) is 7.60. The van der Waals surface area contributed by atoms with Crippen LogP contribution in [-0.2, 0) is 16.1 Å². The highest BCUT2D eigenvalue weighted by Crippen LogP contribution is 2.39. The second-order valence-corrected chi connectivity index (χ2v) is 7.32. The number of aryl methyl sites for hydroxylation is 1. The van der Waals surface area contributed by atoms with Gasteiger partial charge in [-0.2, -0.15) is 0 Å². The van der Waals surface area contributed by atoms with Gasteiger partial charge in [0.15, 0.2) is 5.78 Å². The number of carbonyl (C=O) groups is 1. The molecule has 1 aromatic rings. The molecule has 0 aromatic heterocycles. The van der Waals surface area contributed by atoms with Gasteiger partial charge >= 0.3 is 0 Å². The smallest absolute Gasteiger partial charge is 0.171 e. The monoisotopic (exact) mass is 289 g/mol. The van der Waals surface area contributed by atoms with Crippen LogP contribution in [0.15, 0.2) is 24.3 Å². The van der Waals surface area contributed by atoms with Gasteiger partial charge in [0.25, 0.3) is 0 Å². The molecule has 0 saturated carbocycles. The second kappa shape index (κ2) is 5.54. The lowest BCUT2D eigenvalue weighted by molar-refractivity contribution is -0.132. The average Bonchev–Trinajstić information content (AvgIpc) is 2.50. The lowest BCUT2D eigenvalue weighted by Crippen LogP contribution is -2.39. The van der Waals surface area contributed by atoms with Crippen LogP contribution < -0.4 is 0 Å². The molecule has 3 heteroatoms. The average molecular weight is 289 g/mol. The van der Waals surface area contributed by atoms with Gasteiger partial charge in [0.2, 0.25) is 0 Å². The van der Waals surface area contributed by atoms with E-state index in [1.165, 1.54) is 11.1 Å². The lowest BCUT2D eigenvalue weighted by Gasteiger charge is -2.28. The van der Waals surface area contributed by atoms with Gasteiger partial charge in [-0.1, -0.05) is 29.8 Å². The van der Waals surface area contributed by atoms with Crippen molar-refractivity contribution in [1.82, 2.24) is 4.90 Å². The van der Waals surface area contributed by atoms with E-state index in [2.05, 4.69) is 43.1 Å². The summed E-state index contributed by atoms with van der Waals surface area (Å²) in [7, 11) is 2.06. The Balaban J connectivity index is 2.03. The third kappa shape index (κ3) is 3.53. The molecular formula is C18H27NO2. The Bertz CT molecular complexity index is 517. The van der Waals surface area contributed by atoms with Crippen molar-refractivity contribution in [3.63, 3.8) is 0 Å². The van der Waals surface area contributed by atoms with Crippen LogP contribution in [0.25, 0.3) is 0 Å². The van der Waals surface area contributed by atoms with E-state index < -0.39 is 11.2 Å². The number of hydrogen-bond donors (Lipinski definition) is 0. The first-order valence-electron chi connectivity index (χ1n) is 7.60. The SMILES string of the molecule is Cc1ccc(CN(C)CC2C(=O)C(C)(C)OC2(C)C)cc1. The van der Waals surface area contributed by atoms with Crippen LogP contribution in [0.1, 0.15) is 38.8 Å². The molecule has 21 heavy (non-hydrogen) atoms. The number of hydrogen-bond acceptors (Lipinski definition) is 3. The first kappa shape index (κ1) is 16.2. The van der Waals surface area contributed by atoms with Crippen molar-refractivity contribution < 1.29 is 9.53 Å². The minimum atomic E-state index is -0.668. The highest BCUT2D eigenvalue weighted by Gasteiger charge is 2.53. The molecule has 0 N–H and O–H groups in total. The molecule has 1 aromatic carbocycles. The van der Waals surface area contributed by atoms with Crippen molar-refractivity contribution in [2.45, 2.75) is 52.4 Å². The number of carbonyl (C=O) groups excluding carboxylic acids is 1. The fourth-order valence-corrected chi connectivity index (χ4v) is 3.20. The van der Waals surface area contributed by atoms with Gasteiger partial charge in [0, 0.05) is 13.1 Å². The van der Waals surface area contributed by atoms with E-state index in [1.54, 1.807) is 0 Å². The zero-order valence-electron chi connectivity index (χ0n) is 14.1. The van der Waals surface area contributed by atoms with Gasteiger partial charge in [-0.25, -0.2) is 0 Å². The van der Waals surface area contributed by atoms with Crippen molar-refractivity contribution in [1.29, 1.82) is 0 Å². The Morgan fingerprint density at radius 2 is 1.71 bits per heavy atom. The van der Waals surface area contributed by atoms with Gasteiger partial charge in [0.1, 0.15) is 5.60 Å². The number of rotatable bonds is 4. The molecule has 1 aliphatic heterocycles. The molecule has 1 unspecified atom stereocenters. The summed E-state index contributed by atoms with van der Waals surface area (Å²) in [6.45, 7) is 11.4. The highest BCUT2D eigenvalue weighted by molar-refractivity contribution is 5.91. The molecule has 1 atom stereocenters. The maximum absolute atomic E-state index is 12.5. The van der Waals surface area contributed by atoms with Gasteiger partial charge in [-0.3, -0.25) is 4.79 Å². The molecule has 1 saturated heterocycles. The van der Waals surface area contributed by atoms with Crippen LogP contribution in [0.3, 0.4) is 0 Å². The molecule has 2 rings (SSSR count). The number of benzene rings is 1. The minimum absolute atomic E-state index is 0.0806. The maximum atomic E-state index is 12.5. The summed E-state index contributed by atoms with van der Waals surface area (Å²) < 4.78 is 5.95. The van der Waals surface area contributed by atoms with Crippen molar-refractivity contribution in [2.75, 3.05) is 13.6 Å². The van der Waals surface area contributed by atoms with E-state index in [1.807, 2.05) is 27.7 Å². The predicted octanol–water partition coefficient (Wildman–Crippen LogP) is 3.20. The Kier molecular flexibility index (Phi) is 4.27. The molecule has 0 amide bonds. The van der Waals surface area contributed by atoms with E-state index in [9.17, 15) is 4.79 Å². The zero-order valence-corrected chi connectivity index (χ0v) is 14.1. The summed E-state index contributed by atoms with van der Waals surface area (Å²) in [6, 6.07) is 8.54. The normalized spacial score (nSPS) is 23.8. The Morgan fingerprint density at radius 1 is 1.14 bits per heavy atom. The van der Waals surface area contributed by atoms with Gasteiger partial charge < -0.3 is 9.64 Å². The van der Waals surface area contributed by atoms with Gasteiger partial charge in [-0.05, 0) is 47.2 Å². The molecule has 116 valence electrons. The highest BCUT2D eigenvalue weighted by atomic mass is 16.5. The molecule has 0 bridgehead atoms. The fourth-order valence-electron chi connectivity index (χ4n) is 3.20. The molecule has 0 spiro atoms. The third-order valence-electron chi connectivity index (χ3n) is 4.33. The Labute approximate surface area is 128 Å². The molecule has 0 aliphatic carbocycles. The van der Waals surface area contributed by atoms with Crippen molar-refractivity contribution in [2.24, 2.45) is 5.92 Å². The molecule has 3 nitrogen and oxygen atoms in total. The third-order valence-corrected chi connectivity index (χ3v) is 4.33. The van der Waals surface area contributed by atoms with Crippen molar-refractivity contribution in [3.8, 4) is 0 Å². The van der Waals surface area contributed by atoms with Crippen LogP contribution in [0.5, 0.6) is 0 Å². The minimum Gasteiger partial charge on any atom is -0.361 e. The van der Waals surface area contributed by atoms with Crippen LogP contribution in [0.4, 0.5) is 0 Å². The van der Waals surface area contributed by atoms with E-state index >= 15 is 0 Å². The lowest BCUT2D eigenvalue weighted by atomic mass is 9.85. The van der Waals surface area contributed by atoms with Crippen molar-refractivity contribution >= 4 is 5.78 Å². The Hall–Kier alpha value is -1.19. The van der Waals surface area contributed by atoms with Crippen LogP contribution in [-0.4, -0.2) is 35.5 Å². The summed E-state index contributed by atoms with van der Waals surface area (Å²) >= 11 is 0. The predicted molar refractivity (Wildman–Crippen MR) is 85.3 cm³/mol. The summed E-state index contributed by atoms with van der Waals surface area (Å²) in [4.78, 5) is 14.7. The van der Waals surface area contributed by atoms with Crippen LogP contribution >= 0.6 is 0 Å². The molecule has 1 heterocycles. The topological polar surface area (TPSA) is 29.5 Å². The van der Waals surface area contributed by atoms with E-state index in [4.69, 9.17) is 4.74 Å². The van der Waals surface area contributed by atoms with Crippen LogP contribution in [0.2, 0.25) is 0 Å².